The first kappa shape index (κ1) is 21.7. The lowest BCUT2D eigenvalue weighted by Crippen LogP contribution is -2.32. The first-order valence-electron chi connectivity index (χ1n) is 10.2. The fraction of sp³-hybridized carbons (Fsp3) is 0.227. The third-order valence-corrected chi connectivity index (χ3v) is 5.46. The molecule has 4 aromatic rings. The van der Waals surface area contributed by atoms with Crippen LogP contribution in [0.15, 0.2) is 55.0 Å². The highest BCUT2D eigenvalue weighted by molar-refractivity contribution is 6.04. The molecule has 3 aromatic heterocycles. The number of aromatic nitrogens is 5. The zero-order valence-corrected chi connectivity index (χ0v) is 18.0. The smallest absolute Gasteiger partial charge is 0.256 e. The van der Waals surface area contributed by atoms with E-state index in [-0.39, 0.29) is 24.4 Å². The topological polar surface area (TPSA) is 124 Å². The number of nitrogens with zero attached hydrogens (tertiary/aromatic N) is 5. The summed E-state index contributed by atoms with van der Waals surface area (Å²) in [6.07, 6.45) is 5.22. The number of amides is 1. The molecule has 9 nitrogen and oxygen atoms in total. The zero-order valence-electron chi connectivity index (χ0n) is 17.2. The van der Waals surface area contributed by atoms with Crippen molar-refractivity contribution in [2.75, 3.05) is 24.1 Å². The van der Waals surface area contributed by atoms with Crippen LogP contribution in [-0.2, 0) is 0 Å². The Morgan fingerprint density at radius 1 is 1.12 bits per heavy atom. The maximum absolute atomic E-state index is 12.5. The number of rotatable bonds is 4. The summed E-state index contributed by atoms with van der Waals surface area (Å²) in [6, 6.07) is 12.8. The van der Waals surface area contributed by atoms with Crippen molar-refractivity contribution in [2.24, 2.45) is 0 Å². The number of nitrogen functional groups attached to an aromatic ring is 1. The Bertz CT molecular complexity index is 1220. The standard InChI is InChI=1S/C22H22N8O.ClH/c23-20-18-19(29-30(21(18)27-13-26-20)16-4-3-10-24-12-16)14-6-8-15(9-7-14)22(31)28-17-5-1-2-11-25-17;/h1-2,5-9,11,13,16,24H,3-4,10,12H2,(H2,23,26,27)(H,25,28,31);1H/t16-;/m1./s1. The molecule has 1 fully saturated rings. The van der Waals surface area contributed by atoms with Gasteiger partial charge in [0.25, 0.3) is 5.91 Å². The van der Waals surface area contributed by atoms with Gasteiger partial charge in [0.05, 0.1) is 11.4 Å². The molecule has 1 aliphatic rings. The van der Waals surface area contributed by atoms with Gasteiger partial charge in [-0.15, -0.1) is 12.4 Å². The predicted octanol–water partition coefficient (Wildman–Crippen LogP) is 3.07. The summed E-state index contributed by atoms with van der Waals surface area (Å²) in [5.74, 6) is 0.677. The van der Waals surface area contributed by atoms with Gasteiger partial charge in [0.2, 0.25) is 0 Å². The molecule has 5 rings (SSSR count). The fourth-order valence-electron chi connectivity index (χ4n) is 3.90. The van der Waals surface area contributed by atoms with Crippen LogP contribution in [0.1, 0.15) is 29.2 Å². The number of benzene rings is 1. The highest BCUT2D eigenvalue weighted by Crippen LogP contribution is 2.33. The van der Waals surface area contributed by atoms with Crippen LogP contribution in [-0.4, -0.2) is 43.7 Å². The molecule has 4 N–H and O–H groups in total. The largest absolute Gasteiger partial charge is 0.383 e. The molecular formula is C22H23ClN8O. The van der Waals surface area contributed by atoms with Gasteiger partial charge in [-0.25, -0.2) is 19.6 Å². The Morgan fingerprint density at radius 2 is 1.97 bits per heavy atom. The molecule has 0 aliphatic carbocycles. The van der Waals surface area contributed by atoms with Crippen molar-refractivity contribution >= 4 is 41.0 Å². The zero-order chi connectivity index (χ0) is 21.2. The summed E-state index contributed by atoms with van der Waals surface area (Å²) in [5.41, 5.74) is 9.03. The lowest BCUT2D eigenvalue weighted by Gasteiger charge is -2.23. The molecule has 0 spiro atoms. The Kier molecular flexibility index (Phi) is 6.29. The van der Waals surface area contributed by atoms with E-state index in [1.165, 1.54) is 6.33 Å². The minimum Gasteiger partial charge on any atom is -0.383 e. The lowest BCUT2D eigenvalue weighted by atomic mass is 10.1. The van der Waals surface area contributed by atoms with Gasteiger partial charge in [-0.2, -0.15) is 5.10 Å². The van der Waals surface area contributed by atoms with E-state index in [0.29, 0.717) is 17.2 Å². The van der Waals surface area contributed by atoms with E-state index in [1.54, 1.807) is 30.5 Å². The number of nitrogens with one attached hydrogen (secondary N) is 2. The lowest BCUT2D eigenvalue weighted by molar-refractivity contribution is 0.102. The summed E-state index contributed by atoms with van der Waals surface area (Å²) in [5, 5.41) is 11.8. The van der Waals surface area contributed by atoms with Gasteiger partial charge >= 0.3 is 0 Å². The minimum absolute atomic E-state index is 0. The van der Waals surface area contributed by atoms with E-state index in [9.17, 15) is 4.79 Å². The molecule has 1 saturated heterocycles. The molecule has 10 heteroatoms. The number of carbonyl (C=O) groups is 1. The van der Waals surface area contributed by atoms with Gasteiger partial charge in [0.1, 0.15) is 23.7 Å². The molecule has 32 heavy (non-hydrogen) atoms. The van der Waals surface area contributed by atoms with Crippen LogP contribution < -0.4 is 16.4 Å². The van der Waals surface area contributed by atoms with E-state index in [2.05, 4.69) is 25.6 Å². The molecule has 164 valence electrons. The van der Waals surface area contributed by atoms with Gasteiger partial charge in [-0.05, 0) is 43.7 Å². The Hall–Kier alpha value is -3.56. The summed E-state index contributed by atoms with van der Waals surface area (Å²) in [7, 11) is 0. The second-order valence-corrected chi connectivity index (χ2v) is 7.50. The second-order valence-electron chi connectivity index (χ2n) is 7.50. The number of hydrogen-bond donors (Lipinski definition) is 3. The number of pyridine rings is 1. The molecule has 1 aliphatic heterocycles. The minimum atomic E-state index is -0.225. The van der Waals surface area contributed by atoms with Crippen LogP contribution in [0.25, 0.3) is 22.3 Å². The van der Waals surface area contributed by atoms with E-state index >= 15 is 0 Å². The first-order valence-corrected chi connectivity index (χ1v) is 10.2. The Labute approximate surface area is 190 Å². The number of piperidine rings is 1. The molecule has 1 aromatic carbocycles. The maximum atomic E-state index is 12.5. The van der Waals surface area contributed by atoms with E-state index < -0.39 is 0 Å². The van der Waals surface area contributed by atoms with Crippen molar-refractivity contribution in [3.63, 3.8) is 0 Å². The van der Waals surface area contributed by atoms with Crippen LogP contribution in [0.5, 0.6) is 0 Å². The van der Waals surface area contributed by atoms with Crippen molar-refractivity contribution in [1.29, 1.82) is 0 Å². The summed E-state index contributed by atoms with van der Waals surface area (Å²) < 4.78 is 1.95. The fourth-order valence-corrected chi connectivity index (χ4v) is 3.90. The van der Waals surface area contributed by atoms with Crippen LogP contribution in [0.3, 0.4) is 0 Å². The van der Waals surface area contributed by atoms with E-state index in [1.807, 2.05) is 22.9 Å². The van der Waals surface area contributed by atoms with Crippen molar-refractivity contribution in [3.05, 3.63) is 60.6 Å². The third kappa shape index (κ3) is 4.12. The van der Waals surface area contributed by atoms with Crippen molar-refractivity contribution in [1.82, 2.24) is 30.0 Å². The van der Waals surface area contributed by atoms with Crippen LogP contribution in [0.2, 0.25) is 0 Å². The average Bonchev–Trinajstić information content (AvgIpc) is 3.21. The molecular weight excluding hydrogens is 428 g/mol. The normalized spacial score (nSPS) is 15.8. The highest BCUT2D eigenvalue weighted by Gasteiger charge is 2.23. The number of hydrogen-bond acceptors (Lipinski definition) is 7. The number of fused-ring (bicyclic) bond motifs is 1. The van der Waals surface area contributed by atoms with Gasteiger partial charge < -0.3 is 16.4 Å². The first-order chi connectivity index (χ1) is 15.2. The Balaban J connectivity index is 0.00000245. The SMILES string of the molecule is Cl.Nc1ncnc2c1c(-c1ccc(C(=O)Nc3ccccn3)cc1)nn2[C@@H]1CCCNC1. The summed E-state index contributed by atoms with van der Waals surface area (Å²) in [6.45, 7) is 1.86. The van der Waals surface area contributed by atoms with Crippen LogP contribution in [0, 0.1) is 0 Å². The van der Waals surface area contributed by atoms with Crippen molar-refractivity contribution < 1.29 is 4.79 Å². The average molecular weight is 451 g/mol. The van der Waals surface area contributed by atoms with E-state index in [4.69, 9.17) is 10.8 Å². The number of nitrogens with two attached hydrogens (primary N) is 1. The van der Waals surface area contributed by atoms with Gasteiger partial charge in [-0.1, -0.05) is 18.2 Å². The van der Waals surface area contributed by atoms with Gasteiger partial charge in [0, 0.05) is 23.9 Å². The molecule has 4 heterocycles. The number of halogens is 1. The van der Waals surface area contributed by atoms with E-state index in [0.717, 1.165) is 48.2 Å². The second kappa shape index (κ2) is 9.29. The van der Waals surface area contributed by atoms with Crippen LogP contribution >= 0.6 is 12.4 Å². The van der Waals surface area contributed by atoms with Gasteiger partial charge in [-0.3, -0.25) is 4.79 Å². The molecule has 0 bridgehead atoms. The molecule has 0 saturated carbocycles. The monoisotopic (exact) mass is 450 g/mol. The van der Waals surface area contributed by atoms with Gasteiger partial charge in [0.15, 0.2) is 5.65 Å². The molecule has 1 amide bonds. The maximum Gasteiger partial charge on any atom is 0.256 e. The predicted molar refractivity (Wildman–Crippen MR) is 126 cm³/mol. The molecule has 0 radical (unpaired) electrons. The Morgan fingerprint density at radius 3 is 2.69 bits per heavy atom. The molecule has 0 unspecified atom stereocenters. The highest BCUT2D eigenvalue weighted by atomic mass is 35.5. The quantitative estimate of drug-likeness (QED) is 0.436. The van der Waals surface area contributed by atoms with Crippen molar-refractivity contribution in [2.45, 2.75) is 18.9 Å². The number of carbonyl (C=O) groups excluding carboxylic acids is 1. The molecule has 1 atom stereocenters. The third-order valence-electron chi connectivity index (χ3n) is 5.46. The number of anilines is 2. The van der Waals surface area contributed by atoms with Crippen molar-refractivity contribution in [3.8, 4) is 11.3 Å². The summed E-state index contributed by atoms with van der Waals surface area (Å²) >= 11 is 0. The summed E-state index contributed by atoms with van der Waals surface area (Å²) in [4.78, 5) is 25.3. The van der Waals surface area contributed by atoms with Crippen LogP contribution in [0.4, 0.5) is 11.6 Å².